The fourth-order valence-corrected chi connectivity index (χ4v) is 1.42. The quantitative estimate of drug-likeness (QED) is 0.902. The summed E-state index contributed by atoms with van der Waals surface area (Å²) in [6, 6.07) is 3.80. The number of pyridine rings is 1. The Morgan fingerprint density at radius 3 is 2.86 bits per heavy atom. The van der Waals surface area contributed by atoms with Crippen LogP contribution >= 0.6 is 15.9 Å². The zero-order valence-corrected chi connectivity index (χ0v) is 9.80. The van der Waals surface area contributed by atoms with Crippen molar-refractivity contribution in [2.45, 2.75) is 13.8 Å². The van der Waals surface area contributed by atoms with Gasteiger partial charge >= 0.3 is 0 Å². The first-order valence-electron chi connectivity index (χ1n) is 4.43. The molecule has 1 N–H and O–H groups in total. The van der Waals surface area contributed by atoms with Crippen molar-refractivity contribution in [3.05, 3.63) is 22.3 Å². The van der Waals surface area contributed by atoms with Crippen molar-refractivity contribution in [2.24, 2.45) is 5.92 Å². The third-order valence-electron chi connectivity index (χ3n) is 1.65. The van der Waals surface area contributed by atoms with E-state index in [1.165, 1.54) is 0 Å². The maximum absolute atomic E-state index is 8.64. The minimum Gasteiger partial charge on any atom is -0.369 e. The maximum atomic E-state index is 8.64. The highest BCUT2D eigenvalue weighted by molar-refractivity contribution is 9.10. The Labute approximate surface area is 92.3 Å². The van der Waals surface area contributed by atoms with Crippen LogP contribution in [0.25, 0.3) is 0 Å². The molecule has 14 heavy (non-hydrogen) atoms. The molecule has 0 fully saturated rings. The van der Waals surface area contributed by atoms with Crippen LogP contribution in [-0.2, 0) is 0 Å². The number of nitrogens with zero attached hydrogens (tertiary/aromatic N) is 2. The molecular weight excluding hydrogens is 242 g/mol. The van der Waals surface area contributed by atoms with Crippen molar-refractivity contribution in [1.82, 2.24) is 4.98 Å². The summed E-state index contributed by atoms with van der Waals surface area (Å²) in [5.41, 5.74) is 0.562. The van der Waals surface area contributed by atoms with Gasteiger partial charge in [0.05, 0.1) is 10.0 Å². The summed E-state index contributed by atoms with van der Waals surface area (Å²) in [7, 11) is 0. The van der Waals surface area contributed by atoms with Gasteiger partial charge in [0.25, 0.3) is 0 Å². The number of nitrogens with one attached hydrogen (secondary N) is 1. The van der Waals surface area contributed by atoms with Gasteiger partial charge in [0.15, 0.2) is 0 Å². The Hall–Kier alpha value is -1.08. The second-order valence-corrected chi connectivity index (χ2v) is 4.30. The van der Waals surface area contributed by atoms with E-state index < -0.39 is 0 Å². The summed E-state index contributed by atoms with van der Waals surface area (Å²) in [5, 5.41) is 11.8. The molecule has 0 radical (unpaired) electrons. The summed E-state index contributed by atoms with van der Waals surface area (Å²) in [6.07, 6.45) is 1.56. The van der Waals surface area contributed by atoms with Gasteiger partial charge in [-0.15, -0.1) is 0 Å². The minimum atomic E-state index is 0.562. The monoisotopic (exact) mass is 253 g/mol. The zero-order chi connectivity index (χ0) is 10.6. The SMILES string of the molecule is CC(C)CNc1ncc(C#N)cc1Br. The van der Waals surface area contributed by atoms with Crippen molar-refractivity contribution in [1.29, 1.82) is 5.26 Å². The molecule has 3 nitrogen and oxygen atoms in total. The van der Waals surface area contributed by atoms with Crippen molar-refractivity contribution in [3.8, 4) is 6.07 Å². The third kappa shape index (κ3) is 3.00. The summed E-state index contributed by atoms with van der Waals surface area (Å²) in [5.74, 6) is 1.36. The van der Waals surface area contributed by atoms with Crippen LogP contribution in [0.15, 0.2) is 16.7 Å². The standard InChI is InChI=1S/C10H12BrN3/c1-7(2)5-13-10-9(11)3-8(4-12)6-14-10/h3,6-7H,5H2,1-2H3,(H,13,14). The van der Waals surface area contributed by atoms with Crippen LogP contribution in [-0.4, -0.2) is 11.5 Å². The van der Waals surface area contributed by atoms with E-state index in [2.05, 4.69) is 40.1 Å². The molecule has 0 bridgehead atoms. The molecule has 0 spiro atoms. The van der Waals surface area contributed by atoms with Crippen LogP contribution in [0.2, 0.25) is 0 Å². The summed E-state index contributed by atoms with van der Waals surface area (Å²) < 4.78 is 0.831. The molecule has 0 amide bonds. The third-order valence-corrected chi connectivity index (χ3v) is 2.25. The minimum absolute atomic E-state index is 0.562. The number of rotatable bonds is 3. The molecule has 0 aromatic carbocycles. The van der Waals surface area contributed by atoms with Crippen LogP contribution in [0, 0.1) is 17.2 Å². The first kappa shape index (κ1) is 11.0. The van der Waals surface area contributed by atoms with Gasteiger partial charge in [0, 0.05) is 12.7 Å². The van der Waals surface area contributed by atoms with E-state index in [0.717, 1.165) is 16.8 Å². The summed E-state index contributed by atoms with van der Waals surface area (Å²) >= 11 is 3.36. The lowest BCUT2D eigenvalue weighted by molar-refractivity contribution is 0.686. The number of hydrogen-bond donors (Lipinski definition) is 1. The fraction of sp³-hybridized carbons (Fsp3) is 0.400. The lowest BCUT2D eigenvalue weighted by Crippen LogP contribution is -2.09. The Bertz CT molecular complexity index is 355. The fourth-order valence-electron chi connectivity index (χ4n) is 0.930. The molecule has 0 atom stereocenters. The largest absolute Gasteiger partial charge is 0.369 e. The second kappa shape index (κ2) is 4.97. The van der Waals surface area contributed by atoms with E-state index in [-0.39, 0.29) is 0 Å². The Morgan fingerprint density at radius 2 is 2.36 bits per heavy atom. The molecular formula is C10H12BrN3. The van der Waals surface area contributed by atoms with Gasteiger partial charge in [-0.25, -0.2) is 4.98 Å². The van der Waals surface area contributed by atoms with Crippen LogP contribution < -0.4 is 5.32 Å². The molecule has 1 rings (SSSR count). The van der Waals surface area contributed by atoms with E-state index in [9.17, 15) is 0 Å². The van der Waals surface area contributed by atoms with Crippen molar-refractivity contribution in [2.75, 3.05) is 11.9 Å². The van der Waals surface area contributed by atoms with Gasteiger partial charge in [-0.1, -0.05) is 13.8 Å². The lowest BCUT2D eigenvalue weighted by atomic mass is 10.2. The van der Waals surface area contributed by atoms with E-state index in [4.69, 9.17) is 5.26 Å². The number of aromatic nitrogens is 1. The molecule has 0 aliphatic heterocycles. The van der Waals surface area contributed by atoms with Crippen molar-refractivity contribution in [3.63, 3.8) is 0 Å². The maximum Gasteiger partial charge on any atom is 0.140 e. The van der Waals surface area contributed by atoms with Crippen LogP contribution in [0.4, 0.5) is 5.82 Å². The number of anilines is 1. The van der Waals surface area contributed by atoms with E-state index >= 15 is 0 Å². The molecule has 74 valence electrons. The molecule has 0 aliphatic rings. The lowest BCUT2D eigenvalue weighted by Gasteiger charge is -2.09. The van der Waals surface area contributed by atoms with Gasteiger partial charge in [-0.05, 0) is 27.9 Å². The average molecular weight is 254 g/mol. The van der Waals surface area contributed by atoms with Crippen LogP contribution in [0.3, 0.4) is 0 Å². The highest BCUT2D eigenvalue weighted by Gasteiger charge is 2.02. The first-order valence-corrected chi connectivity index (χ1v) is 5.22. The topological polar surface area (TPSA) is 48.7 Å². The van der Waals surface area contributed by atoms with Crippen molar-refractivity contribution < 1.29 is 0 Å². The predicted octanol–water partition coefficient (Wildman–Crippen LogP) is 2.78. The molecule has 4 heteroatoms. The Balaban J connectivity index is 2.75. The molecule has 0 aliphatic carbocycles. The normalized spacial score (nSPS) is 9.93. The predicted molar refractivity (Wildman–Crippen MR) is 60.0 cm³/mol. The van der Waals surface area contributed by atoms with E-state index in [1.807, 2.05) is 6.07 Å². The highest BCUT2D eigenvalue weighted by Crippen LogP contribution is 2.20. The number of hydrogen-bond acceptors (Lipinski definition) is 3. The highest BCUT2D eigenvalue weighted by atomic mass is 79.9. The molecule has 1 aromatic heterocycles. The van der Waals surface area contributed by atoms with Gasteiger partial charge in [0.2, 0.25) is 0 Å². The second-order valence-electron chi connectivity index (χ2n) is 3.44. The number of nitriles is 1. The Morgan fingerprint density at radius 1 is 1.64 bits per heavy atom. The first-order chi connectivity index (χ1) is 6.63. The average Bonchev–Trinajstić information content (AvgIpc) is 2.15. The summed E-state index contributed by atoms with van der Waals surface area (Å²) in [4.78, 5) is 4.14. The Kier molecular flexibility index (Phi) is 3.90. The van der Waals surface area contributed by atoms with Crippen molar-refractivity contribution >= 4 is 21.7 Å². The molecule has 0 unspecified atom stereocenters. The molecule has 1 aromatic rings. The number of halogens is 1. The van der Waals surface area contributed by atoms with Gasteiger partial charge in [-0.2, -0.15) is 5.26 Å². The molecule has 0 saturated carbocycles. The molecule has 1 heterocycles. The smallest absolute Gasteiger partial charge is 0.140 e. The zero-order valence-electron chi connectivity index (χ0n) is 8.21. The van der Waals surface area contributed by atoms with Gasteiger partial charge in [0.1, 0.15) is 11.9 Å². The molecule has 0 saturated heterocycles. The van der Waals surface area contributed by atoms with Gasteiger partial charge in [-0.3, -0.25) is 0 Å². The van der Waals surface area contributed by atoms with Gasteiger partial charge < -0.3 is 5.32 Å². The van der Waals surface area contributed by atoms with E-state index in [1.54, 1.807) is 12.3 Å². The van der Waals surface area contributed by atoms with Crippen LogP contribution in [0.5, 0.6) is 0 Å². The summed E-state index contributed by atoms with van der Waals surface area (Å²) in [6.45, 7) is 5.13. The van der Waals surface area contributed by atoms with Crippen LogP contribution in [0.1, 0.15) is 19.4 Å². The van der Waals surface area contributed by atoms with E-state index in [0.29, 0.717) is 11.5 Å².